The number of hydrogen-bond donors (Lipinski definition) is 5. The van der Waals surface area contributed by atoms with Crippen LogP contribution >= 0.6 is 0 Å². The summed E-state index contributed by atoms with van der Waals surface area (Å²) in [6.45, 7) is 0. The number of carboxylic acids is 2. The third-order valence-corrected chi connectivity index (χ3v) is 2.12. The molecule has 9 N–H and O–H groups in total. The van der Waals surface area contributed by atoms with E-state index in [1.165, 1.54) is 0 Å². The van der Waals surface area contributed by atoms with E-state index in [1.54, 1.807) is 0 Å². The van der Waals surface area contributed by atoms with Gasteiger partial charge in [0.15, 0.2) is 0 Å². The van der Waals surface area contributed by atoms with Crippen LogP contribution in [-0.2, 0) is 15.2 Å². The Labute approximate surface area is 115 Å². The molecule has 11 heteroatoms. The summed E-state index contributed by atoms with van der Waals surface area (Å²) in [5.74, 6) is -4.80. The second-order valence-corrected chi connectivity index (χ2v) is 3.39. The Kier molecular flexibility index (Phi) is 6.86. The van der Waals surface area contributed by atoms with Gasteiger partial charge in [-0.2, -0.15) is 0 Å². The first-order valence-corrected chi connectivity index (χ1v) is 4.63. The minimum absolute atomic E-state index is 0. The Morgan fingerprint density at radius 1 is 0.952 bits per heavy atom. The van der Waals surface area contributed by atoms with Crippen molar-refractivity contribution in [1.82, 2.24) is 12.3 Å². The van der Waals surface area contributed by atoms with E-state index in [0.29, 0.717) is 24.3 Å². The van der Waals surface area contributed by atoms with Gasteiger partial charge in [-0.1, -0.05) is 12.1 Å². The summed E-state index contributed by atoms with van der Waals surface area (Å²) in [4.78, 5) is 21.5. The van der Waals surface area contributed by atoms with Crippen molar-refractivity contribution in [3.05, 3.63) is 29.8 Å². The Balaban J connectivity index is 0. The zero-order valence-electron chi connectivity index (χ0n) is 10.4. The SMILES string of the molecule is N.N.O=C(O)C(O)(C(=O)O)c1ccc(OC(F)(F)F)cc1. The molecule has 0 unspecified atom stereocenters. The lowest BCUT2D eigenvalue weighted by molar-refractivity contribution is -0.274. The van der Waals surface area contributed by atoms with Gasteiger partial charge in [0, 0.05) is 5.56 Å². The average molecular weight is 314 g/mol. The van der Waals surface area contributed by atoms with Crippen molar-refractivity contribution in [1.29, 1.82) is 0 Å². The lowest BCUT2D eigenvalue weighted by atomic mass is 9.94. The first-order valence-electron chi connectivity index (χ1n) is 4.63. The number of alkyl halides is 3. The van der Waals surface area contributed by atoms with E-state index in [4.69, 9.17) is 10.2 Å². The van der Waals surface area contributed by atoms with E-state index in [9.17, 15) is 27.9 Å². The molecule has 0 radical (unpaired) electrons. The van der Waals surface area contributed by atoms with Gasteiger partial charge in [0.1, 0.15) is 5.75 Å². The van der Waals surface area contributed by atoms with E-state index in [2.05, 4.69) is 4.74 Å². The highest BCUT2D eigenvalue weighted by atomic mass is 19.4. The average Bonchev–Trinajstić information content (AvgIpc) is 2.26. The van der Waals surface area contributed by atoms with E-state index < -0.39 is 35.2 Å². The quantitative estimate of drug-likeness (QED) is 0.516. The van der Waals surface area contributed by atoms with Crippen molar-refractivity contribution in [2.45, 2.75) is 12.0 Å². The van der Waals surface area contributed by atoms with Gasteiger partial charge in [-0.15, -0.1) is 13.2 Å². The van der Waals surface area contributed by atoms with Crippen LogP contribution in [0.3, 0.4) is 0 Å². The van der Waals surface area contributed by atoms with E-state index in [1.807, 2.05) is 0 Å². The minimum atomic E-state index is -4.93. The topological polar surface area (TPSA) is 174 Å². The molecule has 1 rings (SSSR count). The molecule has 120 valence electrons. The van der Waals surface area contributed by atoms with Crippen LogP contribution in [0.4, 0.5) is 13.2 Å². The van der Waals surface area contributed by atoms with Gasteiger partial charge in [-0.05, 0) is 12.1 Å². The second-order valence-electron chi connectivity index (χ2n) is 3.39. The van der Waals surface area contributed by atoms with Crippen LogP contribution in [0, 0.1) is 0 Å². The number of ether oxygens (including phenoxy) is 1. The van der Waals surface area contributed by atoms with Crippen LogP contribution in [0.15, 0.2) is 24.3 Å². The Hall–Kier alpha value is -2.37. The van der Waals surface area contributed by atoms with Crippen LogP contribution in [0.25, 0.3) is 0 Å². The van der Waals surface area contributed by atoms with Crippen molar-refractivity contribution in [2.75, 3.05) is 0 Å². The molecule has 0 heterocycles. The minimum Gasteiger partial charge on any atom is -0.478 e. The molecule has 0 spiro atoms. The lowest BCUT2D eigenvalue weighted by Gasteiger charge is -2.19. The summed E-state index contributed by atoms with van der Waals surface area (Å²) >= 11 is 0. The number of aliphatic hydroxyl groups is 1. The summed E-state index contributed by atoms with van der Waals surface area (Å²) in [6.07, 6.45) is -4.93. The molecule has 0 amide bonds. The molecule has 0 saturated carbocycles. The number of carboxylic acid groups (broad SMARTS) is 2. The van der Waals surface area contributed by atoms with Crippen molar-refractivity contribution in [3.63, 3.8) is 0 Å². The Morgan fingerprint density at radius 2 is 1.33 bits per heavy atom. The van der Waals surface area contributed by atoms with Crippen LogP contribution in [0.1, 0.15) is 5.56 Å². The van der Waals surface area contributed by atoms with Gasteiger partial charge in [-0.3, -0.25) is 0 Å². The molecule has 8 nitrogen and oxygen atoms in total. The molecule has 0 aromatic heterocycles. The number of hydrogen-bond acceptors (Lipinski definition) is 6. The number of carbonyl (C=O) groups is 2. The molecular formula is C10H13F3N2O6. The predicted molar refractivity (Wildman–Crippen MR) is 62.3 cm³/mol. The van der Waals surface area contributed by atoms with Gasteiger partial charge in [0.2, 0.25) is 0 Å². The van der Waals surface area contributed by atoms with Crippen molar-refractivity contribution in [3.8, 4) is 5.75 Å². The standard InChI is InChI=1S/C10H7F3O6.2H3N/c11-10(12,13)19-6-3-1-5(2-4-6)9(18,7(14)15)8(16)17;;/h1-4,18H,(H,14,15)(H,16,17);2*1H3. The first-order chi connectivity index (χ1) is 8.57. The molecule has 0 atom stereocenters. The van der Waals surface area contributed by atoms with E-state index in [0.717, 1.165) is 0 Å². The van der Waals surface area contributed by atoms with Crippen molar-refractivity contribution >= 4 is 11.9 Å². The normalized spacial score (nSPS) is 10.9. The Morgan fingerprint density at radius 3 is 1.62 bits per heavy atom. The molecule has 0 saturated heterocycles. The zero-order valence-corrected chi connectivity index (χ0v) is 10.4. The summed E-state index contributed by atoms with van der Waals surface area (Å²) < 4.78 is 39.1. The highest BCUT2D eigenvalue weighted by Gasteiger charge is 2.46. The smallest absolute Gasteiger partial charge is 0.478 e. The molecule has 0 aliphatic heterocycles. The molecular weight excluding hydrogens is 301 g/mol. The van der Waals surface area contributed by atoms with Gasteiger partial charge in [0.05, 0.1) is 0 Å². The molecule has 0 aliphatic carbocycles. The molecule has 21 heavy (non-hydrogen) atoms. The predicted octanol–water partition coefficient (Wildman–Crippen LogP) is 1.27. The molecule has 0 aliphatic rings. The maximum absolute atomic E-state index is 11.9. The van der Waals surface area contributed by atoms with E-state index in [-0.39, 0.29) is 12.3 Å². The maximum atomic E-state index is 11.9. The largest absolute Gasteiger partial charge is 0.573 e. The third kappa shape index (κ3) is 4.59. The second kappa shape index (κ2) is 6.88. The third-order valence-electron chi connectivity index (χ3n) is 2.12. The summed E-state index contributed by atoms with van der Waals surface area (Å²) in [5.41, 5.74) is -3.85. The number of halogens is 3. The van der Waals surface area contributed by atoms with Gasteiger partial charge in [-0.25, -0.2) is 9.59 Å². The first kappa shape index (κ1) is 20.9. The lowest BCUT2D eigenvalue weighted by Crippen LogP contribution is -2.43. The zero-order chi connectivity index (χ0) is 14.8. The van der Waals surface area contributed by atoms with Gasteiger partial charge >= 0.3 is 18.3 Å². The number of aliphatic carboxylic acids is 2. The fraction of sp³-hybridized carbons (Fsp3) is 0.200. The van der Waals surface area contributed by atoms with Crippen LogP contribution < -0.4 is 17.0 Å². The Bertz CT molecular complexity index is 489. The van der Waals surface area contributed by atoms with Crippen molar-refractivity contribution < 1.29 is 42.8 Å². The highest BCUT2D eigenvalue weighted by molar-refractivity contribution is 6.02. The fourth-order valence-electron chi connectivity index (χ4n) is 1.24. The summed E-state index contributed by atoms with van der Waals surface area (Å²) in [6, 6.07) is 2.81. The number of benzene rings is 1. The van der Waals surface area contributed by atoms with Crippen molar-refractivity contribution in [2.24, 2.45) is 0 Å². The van der Waals surface area contributed by atoms with Crippen LogP contribution in [0.5, 0.6) is 5.75 Å². The maximum Gasteiger partial charge on any atom is 0.573 e. The van der Waals surface area contributed by atoms with Crippen LogP contribution in [-0.4, -0.2) is 33.6 Å². The monoisotopic (exact) mass is 314 g/mol. The summed E-state index contributed by atoms with van der Waals surface area (Å²) in [7, 11) is 0. The molecule has 0 bridgehead atoms. The van der Waals surface area contributed by atoms with Crippen LogP contribution in [0.2, 0.25) is 0 Å². The highest BCUT2D eigenvalue weighted by Crippen LogP contribution is 2.27. The van der Waals surface area contributed by atoms with Gasteiger partial charge < -0.3 is 32.4 Å². The van der Waals surface area contributed by atoms with E-state index >= 15 is 0 Å². The fourth-order valence-corrected chi connectivity index (χ4v) is 1.24. The molecule has 1 aromatic rings. The van der Waals surface area contributed by atoms with Gasteiger partial charge in [0.25, 0.3) is 5.60 Å². The summed E-state index contributed by atoms with van der Waals surface area (Å²) in [5, 5.41) is 26.8. The number of rotatable bonds is 4. The molecule has 0 fully saturated rings. The molecule has 1 aromatic carbocycles.